The van der Waals surface area contributed by atoms with Crippen molar-refractivity contribution in [2.45, 2.75) is 37.8 Å². The molecule has 0 amide bonds. The van der Waals surface area contributed by atoms with Gasteiger partial charge in [0.2, 0.25) is 0 Å². The normalized spacial score (nSPS) is 24.0. The third-order valence-corrected chi connectivity index (χ3v) is 4.83. The third-order valence-electron chi connectivity index (χ3n) is 3.36. The van der Waals surface area contributed by atoms with Crippen LogP contribution < -0.4 is 5.32 Å². The van der Waals surface area contributed by atoms with E-state index in [9.17, 15) is 0 Å². The molecule has 1 N–H and O–H groups in total. The average Bonchev–Trinajstić information content (AvgIpc) is 2.34. The first-order valence-electron chi connectivity index (χ1n) is 6.04. The number of methoxy groups -OCH3 is 1. The van der Waals surface area contributed by atoms with E-state index < -0.39 is 0 Å². The smallest absolute Gasteiger partial charge is 0.0632 e. The lowest BCUT2D eigenvalue weighted by Gasteiger charge is -2.29. The zero-order valence-electron chi connectivity index (χ0n) is 10.2. The van der Waals surface area contributed by atoms with E-state index in [1.165, 1.54) is 0 Å². The van der Waals surface area contributed by atoms with Gasteiger partial charge in [-0.3, -0.25) is 0 Å². The number of halogens is 3. The Kier molecular flexibility index (Phi) is 5.36. The van der Waals surface area contributed by atoms with Crippen LogP contribution in [0, 0.1) is 0 Å². The SMILES string of the molecule is COC1CCC(Nc2c(Br)cc(Cl)cc2Br)CC1. The summed E-state index contributed by atoms with van der Waals surface area (Å²) in [5, 5.41) is 4.31. The Hall–Kier alpha value is 0.230. The molecular formula is C13H16Br2ClNO. The minimum absolute atomic E-state index is 0.431. The van der Waals surface area contributed by atoms with Gasteiger partial charge in [0.1, 0.15) is 0 Å². The van der Waals surface area contributed by atoms with Crippen LogP contribution in [0.4, 0.5) is 5.69 Å². The van der Waals surface area contributed by atoms with E-state index in [2.05, 4.69) is 37.2 Å². The number of rotatable bonds is 3. The molecule has 1 aliphatic rings. The molecule has 0 radical (unpaired) electrons. The molecule has 0 spiro atoms. The van der Waals surface area contributed by atoms with Crippen LogP contribution in [0.2, 0.25) is 5.02 Å². The van der Waals surface area contributed by atoms with Crippen LogP contribution in [0.25, 0.3) is 0 Å². The Balaban J connectivity index is 2.02. The van der Waals surface area contributed by atoms with Crippen molar-refractivity contribution in [1.29, 1.82) is 0 Å². The van der Waals surface area contributed by atoms with E-state index in [4.69, 9.17) is 16.3 Å². The van der Waals surface area contributed by atoms with Gasteiger partial charge in [-0.25, -0.2) is 0 Å². The van der Waals surface area contributed by atoms with Crippen LogP contribution in [-0.4, -0.2) is 19.3 Å². The van der Waals surface area contributed by atoms with Gasteiger partial charge < -0.3 is 10.1 Å². The highest BCUT2D eigenvalue weighted by Crippen LogP contribution is 2.36. The summed E-state index contributed by atoms with van der Waals surface area (Å²) in [7, 11) is 1.80. The molecule has 0 bridgehead atoms. The number of benzene rings is 1. The van der Waals surface area contributed by atoms with Crippen molar-refractivity contribution in [1.82, 2.24) is 0 Å². The summed E-state index contributed by atoms with van der Waals surface area (Å²) in [4.78, 5) is 0. The highest BCUT2D eigenvalue weighted by atomic mass is 79.9. The van der Waals surface area contributed by atoms with Crippen molar-refractivity contribution in [2.24, 2.45) is 0 Å². The predicted molar refractivity (Wildman–Crippen MR) is 83.5 cm³/mol. The van der Waals surface area contributed by atoms with Gasteiger partial charge in [-0.1, -0.05) is 11.6 Å². The molecule has 0 saturated heterocycles. The number of anilines is 1. The molecule has 1 aromatic carbocycles. The molecule has 0 atom stereocenters. The van der Waals surface area contributed by atoms with E-state index in [0.717, 1.165) is 45.3 Å². The first-order chi connectivity index (χ1) is 8.60. The van der Waals surface area contributed by atoms with Crippen LogP contribution >= 0.6 is 43.5 Å². The Labute approximate surface area is 130 Å². The maximum Gasteiger partial charge on any atom is 0.0632 e. The predicted octanol–water partition coefficient (Wildman–Crippen LogP) is 5.23. The van der Waals surface area contributed by atoms with Crippen LogP contribution in [-0.2, 0) is 4.74 Å². The molecule has 1 aromatic rings. The highest BCUT2D eigenvalue weighted by molar-refractivity contribution is 9.11. The quantitative estimate of drug-likeness (QED) is 0.754. The largest absolute Gasteiger partial charge is 0.381 e. The first-order valence-corrected chi connectivity index (χ1v) is 8.00. The van der Waals surface area contributed by atoms with Gasteiger partial charge in [0.15, 0.2) is 0 Å². The second-order valence-electron chi connectivity index (χ2n) is 4.60. The van der Waals surface area contributed by atoms with Gasteiger partial charge in [0, 0.05) is 27.1 Å². The number of nitrogens with one attached hydrogen (secondary N) is 1. The lowest BCUT2D eigenvalue weighted by molar-refractivity contribution is 0.0682. The standard InChI is InChI=1S/C13H16Br2ClNO/c1-18-10-4-2-9(3-5-10)17-13-11(14)6-8(16)7-12(13)15/h6-7,9-10,17H,2-5H2,1H3. The molecule has 2 nitrogen and oxygen atoms in total. The van der Waals surface area contributed by atoms with Gasteiger partial charge in [0.05, 0.1) is 11.8 Å². The summed E-state index contributed by atoms with van der Waals surface area (Å²) in [6, 6.07) is 4.33. The molecule has 0 heterocycles. The van der Waals surface area contributed by atoms with Crippen molar-refractivity contribution in [3.05, 3.63) is 26.1 Å². The van der Waals surface area contributed by atoms with Gasteiger partial charge in [-0.05, 0) is 69.7 Å². The van der Waals surface area contributed by atoms with Crippen LogP contribution in [0.1, 0.15) is 25.7 Å². The minimum Gasteiger partial charge on any atom is -0.381 e. The molecule has 1 saturated carbocycles. The van der Waals surface area contributed by atoms with E-state index in [1.54, 1.807) is 7.11 Å². The summed E-state index contributed by atoms with van der Waals surface area (Å²) in [5.41, 5.74) is 1.08. The molecule has 5 heteroatoms. The molecule has 18 heavy (non-hydrogen) atoms. The Morgan fingerprint density at radius 2 is 1.72 bits per heavy atom. The molecule has 1 aliphatic carbocycles. The van der Waals surface area contributed by atoms with Crippen molar-refractivity contribution in [3.63, 3.8) is 0 Å². The van der Waals surface area contributed by atoms with Crippen molar-refractivity contribution in [2.75, 3.05) is 12.4 Å². The summed E-state index contributed by atoms with van der Waals surface area (Å²) in [6.07, 6.45) is 4.95. The summed E-state index contributed by atoms with van der Waals surface area (Å²) >= 11 is 13.1. The number of ether oxygens (including phenoxy) is 1. The third kappa shape index (κ3) is 3.62. The van der Waals surface area contributed by atoms with E-state index in [0.29, 0.717) is 12.1 Å². The summed E-state index contributed by atoms with van der Waals surface area (Å²) < 4.78 is 7.38. The number of hydrogen-bond donors (Lipinski definition) is 1. The molecule has 100 valence electrons. The molecule has 1 fully saturated rings. The van der Waals surface area contributed by atoms with Gasteiger partial charge in [-0.15, -0.1) is 0 Å². The Morgan fingerprint density at radius 3 is 2.22 bits per heavy atom. The summed E-state index contributed by atoms with van der Waals surface area (Å²) in [5.74, 6) is 0. The monoisotopic (exact) mass is 395 g/mol. The topological polar surface area (TPSA) is 21.3 Å². The van der Waals surface area contributed by atoms with Crippen LogP contribution in [0.3, 0.4) is 0 Å². The molecule has 2 rings (SSSR count). The molecular weight excluding hydrogens is 381 g/mol. The van der Waals surface area contributed by atoms with Crippen LogP contribution in [0.15, 0.2) is 21.1 Å². The highest BCUT2D eigenvalue weighted by Gasteiger charge is 2.21. The van der Waals surface area contributed by atoms with Crippen molar-refractivity contribution >= 4 is 49.1 Å². The lowest BCUT2D eigenvalue weighted by atomic mass is 9.93. The second kappa shape index (κ2) is 6.60. The molecule has 0 unspecified atom stereocenters. The zero-order valence-corrected chi connectivity index (χ0v) is 14.1. The fourth-order valence-corrected chi connectivity index (χ4v) is 4.22. The lowest BCUT2D eigenvalue weighted by Crippen LogP contribution is -2.29. The maximum atomic E-state index is 6.00. The van der Waals surface area contributed by atoms with Gasteiger partial charge >= 0.3 is 0 Å². The van der Waals surface area contributed by atoms with Crippen molar-refractivity contribution < 1.29 is 4.74 Å². The fraction of sp³-hybridized carbons (Fsp3) is 0.538. The first kappa shape index (κ1) is 14.6. The van der Waals surface area contributed by atoms with E-state index in [-0.39, 0.29) is 0 Å². The van der Waals surface area contributed by atoms with Gasteiger partial charge in [0.25, 0.3) is 0 Å². The number of hydrogen-bond acceptors (Lipinski definition) is 2. The Bertz CT molecular complexity index is 396. The fourth-order valence-electron chi connectivity index (χ4n) is 2.33. The average molecular weight is 398 g/mol. The zero-order chi connectivity index (χ0) is 13.1. The van der Waals surface area contributed by atoms with Crippen molar-refractivity contribution in [3.8, 4) is 0 Å². The molecule has 0 aliphatic heterocycles. The second-order valence-corrected chi connectivity index (χ2v) is 6.74. The summed E-state index contributed by atoms with van der Waals surface area (Å²) in [6.45, 7) is 0. The maximum absolute atomic E-state index is 6.00. The van der Waals surface area contributed by atoms with Crippen LogP contribution in [0.5, 0.6) is 0 Å². The van der Waals surface area contributed by atoms with E-state index in [1.807, 2.05) is 12.1 Å². The molecule has 0 aromatic heterocycles. The van der Waals surface area contributed by atoms with E-state index >= 15 is 0 Å². The minimum atomic E-state index is 0.431. The van der Waals surface area contributed by atoms with Gasteiger partial charge in [-0.2, -0.15) is 0 Å². The Morgan fingerprint density at radius 1 is 1.17 bits per heavy atom.